The molecular weight excluding hydrogens is 318 g/mol. The second-order valence-electron chi connectivity index (χ2n) is 5.29. The normalized spacial score (nSPS) is 17.1. The van der Waals surface area contributed by atoms with Gasteiger partial charge in [0.05, 0.1) is 0 Å². The number of aromatic nitrogens is 4. The van der Waals surface area contributed by atoms with Crippen molar-refractivity contribution in [2.24, 2.45) is 0 Å². The topological polar surface area (TPSA) is 95.7 Å². The number of aromatic amines is 2. The summed E-state index contributed by atoms with van der Waals surface area (Å²) >= 11 is 0. The largest absolute Gasteiger partial charge is 0.472 e. The number of fused-ring (bicyclic) bond motifs is 1. The van der Waals surface area contributed by atoms with Crippen molar-refractivity contribution < 1.29 is 4.74 Å². The summed E-state index contributed by atoms with van der Waals surface area (Å²) in [6.07, 6.45) is 1.07. The molecule has 0 aliphatic carbocycles. The second kappa shape index (κ2) is 6.39. The molecule has 0 bridgehead atoms. The molecular formula is C15H16ClN5O2. The minimum Gasteiger partial charge on any atom is -0.472 e. The summed E-state index contributed by atoms with van der Waals surface area (Å²) in [7, 11) is 0. The molecule has 23 heavy (non-hydrogen) atoms. The van der Waals surface area contributed by atoms with E-state index >= 15 is 0 Å². The average Bonchev–Trinajstić information content (AvgIpc) is 3.19. The van der Waals surface area contributed by atoms with Crippen molar-refractivity contribution in [2.75, 3.05) is 13.1 Å². The number of ether oxygens (including phenoxy) is 1. The molecule has 1 saturated heterocycles. The predicted molar refractivity (Wildman–Crippen MR) is 89.1 cm³/mol. The molecule has 1 aliphatic rings. The molecule has 3 heterocycles. The van der Waals surface area contributed by atoms with Gasteiger partial charge in [0.1, 0.15) is 11.8 Å². The Bertz CT molecular complexity index is 869. The summed E-state index contributed by atoms with van der Waals surface area (Å²) in [6.45, 7) is 1.77. The van der Waals surface area contributed by atoms with Gasteiger partial charge < -0.3 is 10.1 Å². The Labute approximate surface area is 137 Å². The first kappa shape index (κ1) is 15.5. The molecule has 3 N–H and O–H groups in total. The molecule has 0 radical (unpaired) electrons. The van der Waals surface area contributed by atoms with E-state index in [-0.39, 0.29) is 24.2 Å². The van der Waals surface area contributed by atoms with Crippen LogP contribution in [-0.4, -0.2) is 39.4 Å². The van der Waals surface area contributed by atoms with Crippen molar-refractivity contribution in [3.8, 4) is 17.4 Å². The lowest BCUT2D eigenvalue weighted by Gasteiger charge is -2.14. The van der Waals surface area contributed by atoms with Crippen LogP contribution in [0.3, 0.4) is 0 Å². The van der Waals surface area contributed by atoms with Gasteiger partial charge in [0, 0.05) is 11.9 Å². The third-order valence-corrected chi connectivity index (χ3v) is 3.74. The van der Waals surface area contributed by atoms with Crippen LogP contribution in [0.1, 0.15) is 6.42 Å². The number of benzene rings is 1. The van der Waals surface area contributed by atoms with Crippen LogP contribution < -0.4 is 15.7 Å². The molecule has 1 fully saturated rings. The minimum atomic E-state index is -0.354. The van der Waals surface area contributed by atoms with Gasteiger partial charge in [-0.2, -0.15) is 5.10 Å². The van der Waals surface area contributed by atoms with Gasteiger partial charge in [0.2, 0.25) is 5.88 Å². The van der Waals surface area contributed by atoms with Crippen molar-refractivity contribution in [1.82, 2.24) is 25.5 Å². The van der Waals surface area contributed by atoms with Crippen LogP contribution in [0.4, 0.5) is 0 Å². The molecule has 1 unspecified atom stereocenters. The summed E-state index contributed by atoms with van der Waals surface area (Å²) in [5.41, 5.74) is 0.227. The first-order valence-electron chi connectivity index (χ1n) is 7.22. The molecule has 0 spiro atoms. The predicted octanol–water partition coefficient (Wildman–Crippen LogP) is 1.48. The molecule has 1 aromatic carbocycles. The standard InChI is InChI=1S/C15H15N5O2.ClH/c21-15-18-13(19-20-15)12-7-9-3-1-2-4-11(9)14(17-12)22-10-5-6-16-8-10;/h1-4,7,10,16H,5-6,8H2,(H2,18,19,20,21);1H. The minimum absolute atomic E-state index is 0. The molecule has 1 aliphatic heterocycles. The van der Waals surface area contributed by atoms with Gasteiger partial charge in [0.25, 0.3) is 0 Å². The molecule has 0 amide bonds. The zero-order chi connectivity index (χ0) is 14.9. The van der Waals surface area contributed by atoms with Gasteiger partial charge in [-0.15, -0.1) is 12.4 Å². The first-order valence-corrected chi connectivity index (χ1v) is 7.22. The van der Waals surface area contributed by atoms with Gasteiger partial charge in [0.15, 0.2) is 5.82 Å². The Hall–Kier alpha value is -2.38. The molecule has 0 saturated carbocycles. The number of H-pyrrole nitrogens is 2. The number of hydrogen-bond acceptors (Lipinski definition) is 5. The van der Waals surface area contributed by atoms with E-state index in [4.69, 9.17) is 4.74 Å². The lowest BCUT2D eigenvalue weighted by molar-refractivity contribution is 0.217. The van der Waals surface area contributed by atoms with E-state index in [0.717, 1.165) is 30.3 Å². The Kier molecular flexibility index (Phi) is 4.31. The van der Waals surface area contributed by atoms with Gasteiger partial charge in [-0.25, -0.2) is 14.9 Å². The van der Waals surface area contributed by atoms with Crippen LogP contribution in [0.15, 0.2) is 35.1 Å². The highest BCUT2D eigenvalue weighted by Gasteiger charge is 2.19. The molecule has 7 nitrogen and oxygen atoms in total. The molecule has 8 heteroatoms. The Morgan fingerprint density at radius 3 is 2.87 bits per heavy atom. The van der Waals surface area contributed by atoms with Crippen LogP contribution in [0.25, 0.3) is 22.3 Å². The zero-order valence-electron chi connectivity index (χ0n) is 12.2. The number of pyridine rings is 1. The fourth-order valence-electron chi connectivity index (χ4n) is 2.66. The molecule has 120 valence electrons. The highest BCUT2D eigenvalue weighted by molar-refractivity contribution is 5.89. The average molecular weight is 334 g/mol. The summed E-state index contributed by atoms with van der Waals surface area (Å²) in [5.74, 6) is 0.982. The third-order valence-electron chi connectivity index (χ3n) is 3.74. The van der Waals surface area contributed by atoms with E-state index in [1.165, 1.54) is 0 Å². The van der Waals surface area contributed by atoms with Crippen LogP contribution in [0.5, 0.6) is 5.88 Å². The van der Waals surface area contributed by atoms with E-state index in [1.54, 1.807) is 0 Å². The maximum absolute atomic E-state index is 11.2. The number of hydrogen-bond donors (Lipinski definition) is 3. The fourth-order valence-corrected chi connectivity index (χ4v) is 2.66. The number of rotatable bonds is 3. The van der Waals surface area contributed by atoms with Crippen molar-refractivity contribution in [3.05, 3.63) is 40.8 Å². The maximum Gasteiger partial charge on any atom is 0.340 e. The van der Waals surface area contributed by atoms with E-state index < -0.39 is 0 Å². The lowest BCUT2D eigenvalue weighted by atomic mass is 10.1. The summed E-state index contributed by atoms with van der Waals surface area (Å²) < 4.78 is 6.05. The third kappa shape index (κ3) is 3.06. The Morgan fingerprint density at radius 1 is 1.26 bits per heavy atom. The molecule has 4 rings (SSSR count). The van der Waals surface area contributed by atoms with Crippen molar-refractivity contribution in [1.29, 1.82) is 0 Å². The molecule has 2 aromatic heterocycles. The summed E-state index contributed by atoms with van der Waals surface area (Å²) in [6, 6.07) is 9.78. The van der Waals surface area contributed by atoms with Gasteiger partial charge >= 0.3 is 5.69 Å². The monoisotopic (exact) mass is 333 g/mol. The van der Waals surface area contributed by atoms with E-state index in [9.17, 15) is 4.79 Å². The number of nitrogens with zero attached hydrogens (tertiary/aromatic N) is 2. The van der Waals surface area contributed by atoms with Crippen LogP contribution >= 0.6 is 12.4 Å². The van der Waals surface area contributed by atoms with Gasteiger partial charge in [-0.05, 0) is 30.5 Å². The highest BCUT2D eigenvalue weighted by Crippen LogP contribution is 2.28. The summed E-state index contributed by atoms with van der Waals surface area (Å²) in [5, 5.41) is 11.5. The van der Waals surface area contributed by atoms with Gasteiger partial charge in [-0.3, -0.25) is 4.98 Å². The van der Waals surface area contributed by atoms with E-state index in [0.29, 0.717) is 17.4 Å². The van der Waals surface area contributed by atoms with Crippen LogP contribution in [0.2, 0.25) is 0 Å². The summed E-state index contributed by atoms with van der Waals surface area (Å²) in [4.78, 5) is 18.4. The SMILES string of the molecule is Cl.O=c1[nH]nc(-c2cc3ccccc3c(OC3CCNC3)n2)[nH]1. The molecule has 3 aromatic rings. The fraction of sp³-hybridized carbons (Fsp3) is 0.267. The Balaban J connectivity index is 0.00000156. The highest BCUT2D eigenvalue weighted by atomic mass is 35.5. The number of halogens is 1. The van der Waals surface area contributed by atoms with Crippen LogP contribution in [0, 0.1) is 0 Å². The van der Waals surface area contributed by atoms with Crippen molar-refractivity contribution >= 4 is 23.2 Å². The molecule has 1 atom stereocenters. The Morgan fingerprint density at radius 2 is 2.13 bits per heavy atom. The number of nitrogens with one attached hydrogen (secondary N) is 3. The smallest absolute Gasteiger partial charge is 0.340 e. The second-order valence-corrected chi connectivity index (χ2v) is 5.29. The van der Waals surface area contributed by atoms with E-state index in [1.807, 2.05) is 30.3 Å². The van der Waals surface area contributed by atoms with Crippen molar-refractivity contribution in [3.63, 3.8) is 0 Å². The quantitative estimate of drug-likeness (QED) is 0.674. The van der Waals surface area contributed by atoms with E-state index in [2.05, 4.69) is 25.5 Å². The maximum atomic E-state index is 11.2. The first-order chi connectivity index (χ1) is 10.8. The van der Waals surface area contributed by atoms with Gasteiger partial charge in [-0.1, -0.05) is 18.2 Å². The van der Waals surface area contributed by atoms with Crippen LogP contribution in [-0.2, 0) is 0 Å². The van der Waals surface area contributed by atoms with Crippen molar-refractivity contribution in [2.45, 2.75) is 12.5 Å². The zero-order valence-corrected chi connectivity index (χ0v) is 13.0. The lowest BCUT2D eigenvalue weighted by Crippen LogP contribution is -2.20.